The highest BCUT2D eigenvalue weighted by Gasteiger charge is 2.01. The van der Waals surface area contributed by atoms with Crippen LogP contribution in [0.4, 0.5) is 0 Å². The Bertz CT molecular complexity index is 457. The SMILES string of the molecule is CCOc1ccccc1/C=C/C(=O)NCCCC(C)CO. The van der Waals surface area contributed by atoms with Crippen molar-refractivity contribution in [1.82, 2.24) is 5.32 Å². The summed E-state index contributed by atoms with van der Waals surface area (Å²) in [7, 11) is 0. The van der Waals surface area contributed by atoms with Crippen LogP contribution < -0.4 is 10.1 Å². The van der Waals surface area contributed by atoms with Crippen molar-refractivity contribution in [3.63, 3.8) is 0 Å². The zero-order valence-electron chi connectivity index (χ0n) is 12.8. The van der Waals surface area contributed by atoms with Crippen LogP contribution in [0.25, 0.3) is 6.08 Å². The summed E-state index contributed by atoms with van der Waals surface area (Å²) >= 11 is 0. The summed E-state index contributed by atoms with van der Waals surface area (Å²) < 4.78 is 5.50. The molecule has 1 aromatic carbocycles. The minimum Gasteiger partial charge on any atom is -0.493 e. The standard InChI is InChI=1S/C17H25NO3/c1-3-21-16-9-5-4-8-15(16)10-11-17(20)18-12-6-7-14(2)13-19/h4-5,8-11,14,19H,3,6-7,12-13H2,1-2H3,(H,18,20)/b11-10+. The number of rotatable bonds is 9. The first kappa shape index (κ1) is 17.2. The Labute approximate surface area is 126 Å². The molecule has 0 aliphatic carbocycles. The monoisotopic (exact) mass is 291 g/mol. The lowest BCUT2D eigenvalue weighted by Gasteiger charge is -2.07. The van der Waals surface area contributed by atoms with Gasteiger partial charge < -0.3 is 15.2 Å². The van der Waals surface area contributed by atoms with Crippen molar-refractivity contribution in [2.45, 2.75) is 26.7 Å². The molecule has 0 saturated heterocycles. The zero-order chi connectivity index (χ0) is 15.5. The first-order chi connectivity index (χ1) is 10.2. The second-order valence-electron chi connectivity index (χ2n) is 5.03. The number of benzene rings is 1. The number of aliphatic hydroxyl groups is 1. The van der Waals surface area contributed by atoms with Gasteiger partial charge in [0.1, 0.15) is 5.75 Å². The minimum atomic E-state index is -0.113. The lowest BCUT2D eigenvalue weighted by atomic mass is 10.1. The van der Waals surface area contributed by atoms with Gasteiger partial charge in [-0.3, -0.25) is 4.79 Å². The number of nitrogens with one attached hydrogen (secondary N) is 1. The second kappa shape index (κ2) is 10.00. The van der Waals surface area contributed by atoms with Crippen molar-refractivity contribution in [2.75, 3.05) is 19.8 Å². The minimum absolute atomic E-state index is 0.113. The summed E-state index contributed by atoms with van der Waals surface area (Å²) in [6.45, 7) is 5.34. The fourth-order valence-electron chi connectivity index (χ4n) is 1.88. The molecule has 0 aliphatic heterocycles. The quantitative estimate of drug-likeness (QED) is 0.543. The molecule has 0 heterocycles. The highest BCUT2D eigenvalue weighted by atomic mass is 16.5. The molecule has 0 aliphatic rings. The van der Waals surface area contributed by atoms with E-state index >= 15 is 0 Å². The number of carbonyl (C=O) groups excluding carboxylic acids is 1. The predicted octanol–water partition coefficient (Wildman–Crippen LogP) is 2.62. The van der Waals surface area contributed by atoms with Gasteiger partial charge in [0, 0.05) is 24.8 Å². The second-order valence-corrected chi connectivity index (χ2v) is 5.03. The molecule has 1 atom stereocenters. The van der Waals surface area contributed by atoms with Crippen LogP contribution in [0.3, 0.4) is 0 Å². The lowest BCUT2D eigenvalue weighted by Crippen LogP contribution is -2.22. The van der Waals surface area contributed by atoms with Gasteiger partial charge in [-0.25, -0.2) is 0 Å². The van der Waals surface area contributed by atoms with Gasteiger partial charge in [-0.1, -0.05) is 25.1 Å². The third kappa shape index (κ3) is 6.95. The van der Waals surface area contributed by atoms with E-state index in [0.717, 1.165) is 24.2 Å². The molecule has 4 heteroatoms. The molecule has 116 valence electrons. The van der Waals surface area contributed by atoms with Gasteiger partial charge in [-0.15, -0.1) is 0 Å². The van der Waals surface area contributed by atoms with Crippen LogP contribution in [-0.2, 0) is 4.79 Å². The van der Waals surface area contributed by atoms with E-state index in [0.29, 0.717) is 13.2 Å². The smallest absolute Gasteiger partial charge is 0.244 e. The van der Waals surface area contributed by atoms with Crippen LogP contribution in [-0.4, -0.2) is 30.8 Å². The summed E-state index contributed by atoms with van der Waals surface area (Å²) in [6, 6.07) is 7.62. The van der Waals surface area contributed by atoms with Gasteiger partial charge in [-0.05, 0) is 37.8 Å². The Kier molecular flexibility index (Phi) is 8.21. The molecule has 1 rings (SSSR count). The molecule has 2 N–H and O–H groups in total. The molecular formula is C17H25NO3. The number of amides is 1. The summed E-state index contributed by atoms with van der Waals surface area (Å²) in [4.78, 5) is 11.7. The Morgan fingerprint density at radius 3 is 2.90 bits per heavy atom. The van der Waals surface area contributed by atoms with Crippen molar-refractivity contribution in [3.8, 4) is 5.75 Å². The summed E-state index contributed by atoms with van der Waals surface area (Å²) in [5.74, 6) is 0.953. The molecule has 1 unspecified atom stereocenters. The number of ether oxygens (including phenoxy) is 1. The van der Waals surface area contributed by atoms with E-state index in [9.17, 15) is 4.79 Å². The number of hydrogen-bond acceptors (Lipinski definition) is 3. The fraction of sp³-hybridized carbons (Fsp3) is 0.471. The van der Waals surface area contributed by atoms with E-state index in [4.69, 9.17) is 9.84 Å². The van der Waals surface area contributed by atoms with E-state index in [1.54, 1.807) is 6.08 Å². The molecule has 1 aromatic rings. The van der Waals surface area contributed by atoms with E-state index in [1.165, 1.54) is 6.08 Å². The molecule has 0 spiro atoms. The van der Waals surface area contributed by atoms with Crippen LogP contribution in [0.5, 0.6) is 5.75 Å². The molecule has 0 saturated carbocycles. The van der Waals surface area contributed by atoms with E-state index in [1.807, 2.05) is 38.1 Å². The van der Waals surface area contributed by atoms with Crippen molar-refractivity contribution >= 4 is 12.0 Å². The third-order valence-corrected chi connectivity index (χ3v) is 3.12. The topological polar surface area (TPSA) is 58.6 Å². The Morgan fingerprint density at radius 1 is 1.43 bits per heavy atom. The van der Waals surface area contributed by atoms with Crippen LogP contribution in [0.15, 0.2) is 30.3 Å². The predicted molar refractivity (Wildman–Crippen MR) is 85.1 cm³/mol. The maximum absolute atomic E-state index is 11.7. The van der Waals surface area contributed by atoms with Crippen molar-refractivity contribution in [3.05, 3.63) is 35.9 Å². The Balaban J connectivity index is 2.40. The molecule has 0 fully saturated rings. The molecular weight excluding hydrogens is 266 g/mol. The first-order valence-electron chi connectivity index (χ1n) is 7.46. The molecule has 1 amide bonds. The Hall–Kier alpha value is -1.81. The van der Waals surface area contributed by atoms with Crippen LogP contribution in [0.1, 0.15) is 32.3 Å². The van der Waals surface area contributed by atoms with Gasteiger partial charge >= 0.3 is 0 Å². The van der Waals surface area contributed by atoms with Gasteiger partial charge in [0.2, 0.25) is 5.91 Å². The van der Waals surface area contributed by atoms with E-state index in [2.05, 4.69) is 5.32 Å². The Morgan fingerprint density at radius 2 is 2.19 bits per heavy atom. The van der Waals surface area contributed by atoms with E-state index in [-0.39, 0.29) is 18.4 Å². The van der Waals surface area contributed by atoms with Gasteiger partial charge in [0.15, 0.2) is 0 Å². The maximum atomic E-state index is 11.7. The molecule has 0 aromatic heterocycles. The van der Waals surface area contributed by atoms with Gasteiger partial charge in [0.25, 0.3) is 0 Å². The summed E-state index contributed by atoms with van der Waals surface area (Å²) in [6.07, 6.45) is 5.06. The summed E-state index contributed by atoms with van der Waals surface area (Å²) in [5, 5.41) is 11.7. The number of hydrogen-bond donors (Lipinski definition) is 2. The highest BCUT2D eigenvalue weighted by Crippen LogP contribution is 2.19. The average molecular weight is 291 g/mol. The van der Waals surface area contributed by atoms with Crippen LogP contribution in [0, 0.1) is 5.92 Å². The highest BCUT2D eigenvalue weighted by molar-refractivity contribution is 5.92. The fourth-order valence-corrected chi connectivity index (χ4v) is 1.88. The average Bonchev–Trinajstić information content (AvgIpc) is 2.50. The van der Waals surface area contributed by atoms with Crippen molar-refractivity contribution < 1.29 is 14.6 Å². The number of para-hydroxylation sites is 1. The molecule has 0 bridgehead atoms. The third-order valence-electron chi connectivity index (χ3n) is 3.12. The van der Waals surface area contributed by atoms with Crippen LogP contribution >= 0.6 is 0 Å². The van der Waals surface area contributed by atoms with Crippen molar-refractivity contribution in [2.24, 2.45) is 5.92 Å². The zero-order valence-corrected chi connectivity index (χ0v) is 12.8. The van der Waals surface area contributed by atoms with Gasteiger partial charge in [0.05, 0.1) is 6.61 Å². The number of carbonyl (C=O) groups is 1. The normalized spacial score (nSPS) is 12.3. The maximum Gasteiger partial charge on any atom is 0.244 e. The summed E-state index contributed by atoms with van der Waals surface area (Å²) in [5.41, 5.74) is 0.892. The number of aliphatic hydroxyl groups excluding tert-OH is 1. The first-order valence-corrected chi connectivity index (χ1v) is 7.46. The van der Waals surface area contributed by atoms with Crippen molar-refractivity contribution in [1.29, 1.82) is 0 Å². The lowest BCUT2D eigenvalue weighted by molar-refractivity contribution is -0.116. The largest absolute Gasteiger partial charge is 0.493 e. The van der Waals surface area contributed by atoms with Crippen LogP contribution in [0.2, 0.25) is 0 Å². The van der Waals surface area contributed by atoms with E-state index < -0.39 is 0 Å². The molecule has 21 heavy (non-hydrogen) atoms. The molecule has 4 nitrogen and oxygen atoms in total. The van der Waals surface area contributed by atoms with Gasteiger partial charge in [-0.2, -0.15) is 0 Å². The molecule has 0 radical (unpaired) electrons.